The molecule has 0 unspecified atom stereocenters. The predicted octanol–water partition coefficient (Wildman–Crippen LogP) is 13.2. The minimum Gasteiger partial charge on any atom is -0.496 e. The number of esters is 5. The lowest BCUT2D eigenvalue weighted by Crippen LogP contribution is -2.23. The number of benzene rings is 7. The Balaban J connectivity index is 0.000000631. The van der Waals surface area contributed by atoms with Crippen LogP contribution in [-0.2, 0) is 54.8 Å². The topological polar surface area (TPSA) is 310 Å². The quantitative estimate of drug-likeness (QED) is 0.0350. The molecule has 0 aromatic heterocycles. The summed E-state index contributed by atoms with van der Waals surface area (Å²) < 4.78 is 41.9. The molecule has 0 fully saturated rings. The van der Waals surface area contributed by atoms with Gasteiger partial charge >= 0.3 is 29.8 Å². The standard InChI is InChI=1S/C14H20O2.C12H17N3O2.C12H16N2O3.C12H16O3.C11H13FO2.C11H15N3O2.C11H14O2/c1-6-10-7-11(13(15)16-5)9-12(8-10)14(2,3)4;1-13-10-6-8(11(16)14-2)5-9(7-10)12(17)15(3)4;1-13-10-6-8(11(15)14(2)3)5-9(7-10)12(16)17-4;1-4-9-6-7-11(14-3)10(8-9)12(13)15-5-2;1-3-8-5-9(7-10(12)6-8)11(13)14-4-2;1-13-9-5-7(10(12)15)4-8(6-9)11(16)14(2)3;1-4-9-5-8(2)6-10(7-9)11(12)13-3/h7-9H,6H2,1-5H3;5-7,13H,1-4H3,(H,14,16);5-7,13H,1-4H3;6-8H,4-5H2,1-3H3;5-7H,3-4H2,1-2H3;4-6,13H,1-3H3,(H2,12,15);5-7H,4H2,1-3H3. The smallest absolute Gasteiger partial charge is 0.341 e. The fraction of sp³-hybridized carbons (Fsp3) is 0.373. The summed E-state index contributed by atoms with van der Waals surface area (Å²) in [6.07, 6.45) is 3.44. The second-order valence-corrected chi connectivity index (χ2v) is 25.3. The summed E-state index contributed by atoms with van der Waals surface area (Å²) in [6, 6.07) is 36.2. The second kappa shape index (κ2) is 47.7. The molecule has 7 aromatic rings. The summed E-state index contributed by atoms with van der Waals surface area (Å²) in [5, 5.41) is 11.2. The molecule has 25 heteroatoms. The summed E-state index contributed by atoms with van der Waals surface area (Å²) in [5.41, 5.74) is 18.4. The van der Waals surface area contributed by atoms with Crippen molar-refractivity contribution in [1.29, 1.82) is 0 Å². The van der Waals surface area contributed by atoms with E-state index in [4.69, 9.17) is 24.7 Å². The molecule has 0 radical (unpaired) electrons. The summed E-state index contributed by atoms with van der Waals surface area (Å²) in [5.74, 6) is -2.85. The van der Waals surface area contributed by atoms with Gasteiger partial charge in [-0.15, -0.1) is 0 Å². The van der Waals surface area contributed by atoms with Crippen LogP contribution in [0.15, 0.2) is 127 Å². The number of methoxy groups -OCH3 is 4. The number of nitrogens with one attached hydrogen (secondary N) is 4. The van der Waals surface area contributed by atoms with Crippen molar-refractivity contribution in [2.75, 3.05) is 128 Å². The number of primary amides is 1. The van der Waals surface area contributed by atoms with Crippen molar-refractivity contribution in [3.05, 3.63) is 222 Å². The third-order valence-corrected chi connectivity index (χ3v) is 15.5. The number of ether oxygens (including phenoxy) is 6. The van der Waals surface area contributed by atoms with Gasteiger partial charge in [0.15, 0.2) is 0 Å². The van der Waals surface area contributed by atoms with Crippen LogP contribution < -0.4 is 31.7 Å². The van der Waals surface area contributed by atoms with Crippen LogP contribution >= 0.6 is 0 Å². The van der Waals surface area contributed by atoms with Crippen molar-refractivity contribution < 1.29 is 80.8 Å². The van der Waals surface area contributed by atoms with Crippen LogP contribution in [0.3, 0.4) is 0 Å². The molecule has 7 aromatic carbocycles. The minimum atomic E-state index is -0.551. The number of halogens is 1. The van der Waals surface area contributed by atoms with Gasteiger partial charge in [-0.2, -0.15) is 0 Å². The van der Waals surface area contributed by atoms with E-state index in [2.05, 4.69) is 77.5 Å². The fourth-order valence-electron chi connectivity index (χ4n) is 9.51. The van der Waals surface area contributed by atoms with E-state index < -0.39 is 23.7 Å². The largest absolute Gasteiger partial charge is 0.496 e. The van der Waals surface area contributed by atoms with Gasteiger partial charge in [-0.1, -0.05) is 72.2 Å². The van der Waals surface area contributed by atoms with E-state index in [0.29, 0.717) is 86.8 Å². The number of nitrogens with zero attached hydrogens (tertiary/aromatic N) is 3. The Hall–Kier alpha value is -11.6. The van der Waals surface area contributed by atoms with Crippen LogP contribution in [0.5, 0.6) is 5.75 Å². The fourth-order valence-corrected chi connectivity index (χ4v) is 9.51. The highest BCUT2D eigenvalue weighted by molar-refractivity contribution is 6.02. The molecule has 0 aliphatic carbocycles. The lowest BCUT2D eigenvalue weighted by atomic mass is 9.85. The van der Waals surface area contributed by atoms with Crippen molar-refractivity contribution in [2.24, 2.45) is 5.73 Å². The highest BCUT2D eigenvalue weighted by Gasteiger charge is 2.20. The van der Waals surface area contributed by atoms with Crippen LogP contribution in [0.4, 0.5) is 21.5 Å². The van der Waals surface area contributed by atoms with Crippen LogP contribution in [0.25, 0.3) is 0 Å². The number of rotatable bonds is 20. The SMILES string of the molecule is CCOC(=O)c1cc(CC)ccc1OC.CCOC(=O)c1cc(F)cc(CC)c1.CCc1cc(C(=O)OC)cc(C(C)(C)C)c1.CCc1cc(C)cc(C(=O)OC)c1.CNC(=O)c1cc(NC)cc(C(=O)N(C)C)c1.CNc1cc(C(=O)OC)cc(C(=O)N(C)C)c1.CNc1cc(C(N)=O)cc(C(=O)N(C)C)c1. The van der Waals surface area contributed by atoms with Crippen molar-refractivity contribution in [2.45, 2.75) is 100 Å². The molecule has 0 saturated heterocycles. The molecule has 0 aliphatic heterocycles. The molecule has 0 aliphatic rings. The molecule has 5 amide bonds. The number of hydrogen-bond donors (Lipinski definition) is 5. The molecule has 0 saturated carbocycles. The molecule has 0 spiro atoms. The molecule has 0 heterocycles. The van der Waals surface area contributed by atoms with Gasteiger partial charge in [0.2, 0.25) is 5.91 Å². The Kier molecular flexibility index (Phi) is 41.7. The van der Waals surface area contributed by atoms with E-state index in [0.717, 1.165) is 41.6 Å². The number of anilines is 3. The van der Waals surface area contributed by atoms with Gasteiger partial charge in [0, 0.05) is 115 Å². The third-order valence-electron chi connectivity index (χ3n) is 15.5. The Bertz CT molecular complexity index is 4100. The summed E-state index contributed by atoms with van der Waals surface area (Å²) in [4.78, 5) is 119. The van der Waals surface area contributed by atoms with Crippen LogP contribution in [0.2, 0.25) is 0 Å². The lowest BCUT2D eigenvalue weighted by molar-refractivity contribution is 0.0514. The van der Waals surface area contributed by atoms with Gasteiger partial charge in [-0.25, -0.2) is 28.4 Å². The zero-order chi connectivity index (χ0) is 82.3. The molecule has 7 rings (SSSR count). The molecule has 24 nitrogen and oxygen atoms in total. The number of carbonyl (C=O) groups is 10. The number of nitrogens with two attached hydrogens (primary N) is 1. The highest BCUT2D eigenvalue weighted by Crippen LogP contribution is 2.27. The van der Waals surface area contributed by atoms with Crippen LogP contribution in [0, 0.1) is 12.7 Å². The molecule has 0 bridgehead atoms. The van der Waals surface area contributed by atoms with E-state index in [1.807, 2.05) is 57.2 Å². The molecular formula is C83H111FN8O16. The van der Waals surface area contributed by atoms with E-state index >= 15 is 0 Å². The summed E-state index contributed by atoms with van der Waals surface area (Å²) in [7, 11) is 22.4. The molecular weight excluding hydrogens is 1380 g/mol. The molecule has 586 valence electrons. The van der Waals surface area contributed by atoms with Gasteiger partial charge < -0.3 is 70.1 Å². The first-order valence-electron chi connectivity index (χ1n) is 34.8. The van der Waals surface area contributed by atoms with Crippen molar-refractivity contribution in [3.63, 3.8) is 0 Å². The van der Waals surface area contributed by atoms with Gasteiger partial charge in [-0.3, -0.25) is 24.0 Å². The molecule has 0 atom stereocenters. The van der Waals surface area contributed by atoms with Crippen LogP contribution in [-0.4, -0.2) is 186 Å². The first kappa shape index (κ1) is 94.4. The Morgan fingerprint density at radius 1 is 0.407 bits per heavy atom. The summed E-state index contributed by atoms with van der Waals surface area (Å²) in [6.45, 7) is 20.7. The minimum absolute atomic E-state index is 0.0496. The Morgan fingerprint density at radius 2 is 0.769 bits per heavy atom. The number of amides is 5. The molecule has 108 heavy (non-hydrogen) atoms. The average molecular weight is 1500 g/mol. The first-order valence-corrected chi connectivity index (χ1v) is 34.8. The van der Waals surface area contributed by atoms with E-state index in [1.165, 1.54) is 77.0 Å². The van der Waals surface area contributed by atoms with E-state index in [-0.39, 0.29) is 52.5 Å². The zero-order valence-electron chi connectivity index (χ0n) is 67.2. The van der Waals surface area contributed by atoms with Crippen LogP contribution in [0.1, 0.15) is 199 Å². The van der Waals surface area contributed by atoms with Gasteiger partial charge in [0.25, 0.3) is 23.6 Å². The van der Waals surface area contributed by atoms with Gasteiger partial charge in [0.1, 0.15) is 17.1 Å². The molecule has 6 N–H and O–H groups in total. The Morgan fingerprint density at radius 3 is 1.15 bits per heavy atom. The second-order valence-electron chi connectivity index (χ2n) is 25.3. The van der Waals surface area contributed by atoms with E-state index in [9.17, 15) is 52.3 Å². The van der Waals surface area contributed by atoms with Crippen molar-refractivity contribution in [3.8, 4) is 5.75 Å². The third kappa shape index (κ3) is 31.6. The number of aryl methyl sites for hydroxylation is 5. The predicted molar refractivity (Wildman–Crippen MR) is 423 cm³/mol. The van der Waals surface area contributed by atoms with Crippen molar-refractivity contribution >= 4 is 76.4 Å². The maximum atomic E-state index is 13.0. The first-order chi connectivity index (χ1) is 50.9. The number of carbonyl (C=O) groups excluding carboxylic acids is 10. The Labute approximate surface area is 636 Å². The van der Waals surface area contributed by atoms with Crippen molar-refractivity contribution in [1.82, 2.24) is 20.0 Å². The number of hydrogen-bond acceptors (Lipinski definition) is 19. The van der Waals surface area contributed by atoms with Gasteiger partial charge in [0.05, 0.1) is 63.9 Å². The maximum Gasteiger partial charge on any atom is 0.341 e. The lowest BCUT2D eigenvalue weighted by Gasteiger charge is -2.20. The maximum absolute atomic E-state index is 13.0. The monoisotopic (exact) mass is 1490 g/mol. The van der Waals surface area contributed by atoms with E-state index in [1.54, 1.807) is 146 Å². The normalized spacial score (nSPS) is 9.97. The summed E-state index contributed by atoms with van der Waals surface area (Å²) >= 11 is 0. The zero-order valence-corrected chi connectivity index (χ0v) is 67.2. The van der Waals surface area contributed by atoms with Gasteiger partial charge in [-0.05, 0) is 189 Å². The average Bonchev–Trinajstić information content (AvgIpc) is 0.495. The highest BCUT2D eigenvalue weighted by atomic mass is 19.1.